The molecule has 18 heavy (non-hydrogen) atoms. The van der Waals surface area contributed by atoms with Crippen LogP contribution in [0.2, 0.25) is 10.0 Å². The molecule has 1 aromatic carbocycles. The third kappa shape index (κ3) is 1.44. The lowest BCUT2D eigenvalue weighted by Gasteiger charge is -2.09. The Morgan fingerprint density at radius 3 is 2.39 bits per heavy atom. The maximum absolute atomic E-state index is 12.5. The number of hydrogen-bond acceptors (Lipinski definition) is 1. The summed E-state index contributed by atoms with van der Waals surface area (Å²) in [6.45, 7) is 0. The van der Waals surface area contributed by atoms with Crippen molar-refractivity contribution in [1.29, 1.82) is 0 Å². The average Bonchev–Trinajstić information content (AvgIpc) is 2.77. The van der Waals surface area contributed by atoms with Crippen molar-refractivity contribution in [3.8, 4) is 0 Å². The molecule has 0 spiro atoms. The van der Waals surface area contributed by atoms with Gasteiger partial charge in [-0.2, -0.15) is 0 Å². The van der Waals surface area contributed by atoms with Gasteiger partial charge < -0.3 is 0 Å². The van der Waals surface area contributed by atoms with E-state index in [1.165, 1.54) is 19.3 Å². The van der Waals surface area contributed by atoms with E-state index in [1.807, 2.05) is 0 Å². The fourth-order valence-electron chi connectivity index (χ4n) is 4.54. The van der Waals surface area contributed by atoms with E-state index < -0.39 is 0 Å². The van der Waals surface area contributed by atoms with Gasteiger partial charge in [0.2, 0.25) is 0 Å². The molecule has 4 unspecified atom stereocenters. The Kier molecular flexibility index (Phi) is 2.35. The molecule has 0 amide bonds. The lowest BCUT2D eigenvalue weighted by atomic mass is 9.96. The lowest BCUT2D eigenvalue weighted by Crippen LogP contribution is -2.10. The van der Waals surface area contributed by atoms with Crippen molar-refractivity contribution in [3.63, 3.8) is 0 Å². The first-order chi connectivity index (χ1) is 8.66. The number of ketones is 1. The Bertz CT molecular complexity index is 523. The van der Waals surface area contributed by atoms with Crippen LogP contribution in [-0.4, -0.2) is 5.78 Å². The molecule has 0 saturated heterocycles. The second-order valence-corrected chi connectivity index (χ2v) is 6.85. The van der Waals surface area contributed by atoms with Gasteiger partial charge in [0.05, 0.1) is 5.02 Å². The number of benzene rings is 1. The average molecular weight is 281 g/mol. The predicted octanol–water partition coefficient (Wildman–Crippen LogP) is 4.47. The summed E-state index contributed by atoms with van der Waals surface area (Å²) < 4.78 is 0. The Morgan fingerprint density at radius 2 is 1.78 bits per heavy atom. The van der Waals surface area contributed by atoms with Crippen molar-refractivity contribution >= 4 is 29.0 Å². The molecule has 0 N–H and O–H groups in total. The fourth-order valence-corrected chi connectivity index (χ4v) is 5.05. The molecule has 3 fully saturated rings. The molecular formula is C15H14Cl2O. The molecular weight excluding hydrogens is 267 g/mol. The molecule has 0 radical (unpaired) electrons. The van der Waals surface area contributed by atoms with Gasteiger partial charge in [-0.15, -0.1) is 0 Å². The molecule has 0 aromatic heterocycles. The summed E-state index contributed by atoms with van der Waals surface area (Å²) in [5, 5.41) is 1.09. The van der Waals surface area contributed by atoms with Crippen molar-refractivity contribution in [1.82, 2.24) is 0 Å². The summed E-state index contributed by atoms with van der Waals surface area (Å²) in [5.41, 5.74) is 0.667. The molecule has 4 rings (SSSR count). The normalized spacial score (nSPS) is 39.8. The number of carbonyl (C=O) groups excluding carboxylic acids is 1. The number of carbonyl (C=O) groups is 1. The van der Waals surface area contributed by atoms with E-state index in [0.29, 0.717) is 27.4 Å². The van der Waals surface area contributed by atoms with E-state index in [9.17, 15) is 4.79 Å². The van der Waals surface area contributed by atoms with Crippen molar-refractivity contribution in [2.75, 3.05) is 0 Å². The number of fused-ring (bicyclic) bond motifs is 5. The first-order valence-electron chi connectivity index (χ1n) is 6.66. The van der Waals surface area contributed by atoms with Gasteiger partial charge in [0.25, 0.3) is 0 Å². The van der Waals surface area contributed by atoms with E-state index >= 15 is 0 Å². The van der Waals surface area contributed by atoms with Gasteiger partial charge in [-0.05, 0) is 61.1 Å². The second kappa shape index (κ2) is 3.74. The highest BCUT2D eigenvalue weighted by molar-refractivity contribution is 6.37. The third-order valence-electron chi connectivity index (χ3n) is 5.23. The minimum Gasteiger partial charge on any atom is -0.294 e. The number of hydrogen-bond donors (Lipinski definition) is 0. The number of halogens is 2. The summed E-state index contributed by atoms with van der Waals surface area (Å²) in [5.74, 6) is 3.49. The molecule has 0 aliphatic heterocycles. The zero-order valence-electron chi connectivity index (χ0n) is 9.90. The van der Waals surface area contributed by atoms with Crippen LogP contribution >= 0.6 is 23.2 Å². The molecule has 3 aliphatic rings. The van der Waals surface area contributed by atoms with E-state index in [4.69, 9.17) is 23.2 Å². The van der Waals surface area contributed by atoms with Crippen molar-refractivity contribution in [2.45, 2.75) is 19.3 Å². The highest BCUT2D eigenvalue weighted by Crippen LogP contribution is 2.70. The van der Waals surface area contributed by atoms with Crippen LogP contribution in [0.4, 0.5) is 0 Å². The third-order valence-corrected chi connectivity index (χ3v) is 5.78. The summed E-state index contributed by atoms with van der Waals surface area (Å²) in [4.78, 5) is 12.5. The van der Waals surface area contributed by atoms with Crippen LogP contribution in [0.25, 0.3) is 0 Å². The summed E-state index contributed by atoms with van der Waals surface area (Å²) >= 11 is 12.0. The van der Waals surface area contributed by atoms with E-state index in [0.717, 1.165) is 11.8 Å². The van der Waals surface area contributed by atoms with Crippen LogP contribution < -0.4 is 0 Å². The number of Topliss-reactive ketones (excluding diaryl/α,β-unsaturated/α-hetero) is 1. The Labute approximate surface area is 116 Å². The maximum Gasteiger partial charge on any atom is 0.168 e. The SMILES string of the molecule is O=C(c1ccc(Cl)cc1Cl)C1C2C3CCC(C3)C12. The highest BCUT2D eigenvalue weighted by atomic mass is 35.5. The standard InChI is InChI=1S/C15H14Cl2O/c16-9-3-4-10(11(17)6-9)15(18)14-12-7-1-2-8(5-7)13(12)14/h3-4,6-8,12-14H,1-2,5H2. The van der Waals surface area contributed by atoms with Gasteiger partial charge in [-0.25, -0.2) is 0 Å². The second-order valence-electron chi connectivity index (χ2n) is 6.00. The van der Waals surface area contributed by atoms with Gasteiger partial charge in [0.1, 0.15) is 0 Å². The predicted molar refractivity (Wildman–Crippen MR) is 72.1 cm³/mol. The van der Waals surface area contributed by atoms with E-state index in [1.54, 1.807) is 18.2 Å². The summed E-state index contributed by atoms with van der Waals surface area (Å²) in [7, 11) is 0. The zero-order valence-corrected chi connectivity index (χ0v) is 11.4. The maximum atomic E-state index is 12.5. The molecule has 2 bridgehead atoms. The minimum atomic E-state index is 0.253. The van der Waals surface area contributed by atoms with E-state index in [-0.39, 0.29) is 11.7 Å². The Balaban J connectivity index is 1.62. The van der Waals surface area contributed by atoms with Gasteiger partial charge in [-0.1, -0.05) is 23.2 Å². The first-order valence-corrected chi connectivity index (χ1v) is 7.41. The highest BCUT2D eigenvalue weighted by Gasteiger charge is 2.67. The smallest absolute Gasteiger partial charge is 0.168 e. The minimum absolute atomic E-state index is 0.253. The van der Waals surface area contributed by atoms with Crippen LogP contribution in [0.1, 0.15) is 29.6 Å². The summed E-state index contributed by atoms with van der Waals surface area (Å²) in [6.07, 6.45) is 4.04. The molecule has 1 nitrogen and oxygen atoms in total. The van der Waals surface area contributed by atoms with Crippen LogP contribution in [-0.2, 0) is 0 Å². The van der Waals surface area contributed by atoms with Crippen LogP contribution in [0, 0.1) is 29.6 Å². The molecule has 3 aliphatic carbocycles. The van der Waals surface area contributed by atoms with Crippen molar-refractivity contribution in [2.24, 2.45) is 29.6 Å². The largest absolute Gasteiger partial charge is 0.294 e. The lowest BCUT2D eigenvalue weighted by molar-refractivity contribution is 0.0944. The van der Waals surface area contributed by atoms with E-state index in [2.05, 4.69) is 0 Å². The molecule has 3 heteroatoms. The van der Waals surface area contributed by atoms with Gasteiger partial charge in [-0.3, -0.25) is 4.79 Å². The topological polar surface area (TPSA) is 17.1 Å². The number of rotatable bonds is 2. The molecule has 0 heterocycles. The Hall–Kier alpha value is -0.530. The zero-order chi connectivity index (χ0) is 12.4. The monoisotopic (exact) mass is 280 g/mol. The van der Waals surface area contributed by atoms with Crippen molar-refractivity contribution < 1.29 is 4.79 Å². The molecule has 4 atom stereocenters. The van der Waals surface area contributed by atoms with Gasteiger partial charge in [0, 0.05) is 16.5 Å². The van der Waals surface area contributed by atoms with Gasteiger partial charge >= 0.3 is 0 Å². The van der Waals surface area contributed by atoms with Crippen LogP contribution in [0.3, 0.4) is 0 Å². The summed E-state index contributed by atoms with van der Waals surface area (Å²) in [6, 6.07) is 5.21. The van der Waals surface area contributed by atoms with Crippen LogP contribution in [0.15, 0.2) is 18.2 Å². The molecule has 3 saturated carbocycles. The van der Waals surface area contributed by atoms with Gasteiger partial charge in [0.15, 0.2) is 5.78 Å². The quantitative estimate of drug-likeness (QED) is 0.731. The Morgan fingerprint density at radius 1 is 1.11 bits per heavy atom. The molecule has 1 aromatic rings. The fraction of sp³-hybridized carbons (Fsp3) is 0.533. The molecule has 94 valence electrons. The van der Waals surface area contributed by atoms with Crippen LogP contribution in [0.5, 0.6) is 0 Å². The van der Waals surface area contributed by atoms with Crippen molar-refractivity contribution in [3.05, 3.63) is 33.8 Å². The first kappa shape index (κ1) is 11.3.